The number of hydrogen-bond donors (Lipinski definition) is 1. The third-order valence-electron chi connectivity index (χ3n) is 5.55. The van der Waals surface area contributed by atoms with Crippen molar-refractivity contribution in [3.05, 3.63) is 83.2 Å². The molecule has 7 heteroatoms. The Morgan fingerprint density at radius 3 is 2.30 bits per heavy atom. The van der Waals surface area contributed by atoms with E-state index < -0.39 is 11.6 Å². The first-order valence-corrected chi connectivity index (χ1v) is 9.75. The first kappa shape index (κ1) is 19.4. The van der Waals surface area contributed by atoms with Crippen LogP contribution in [0.25, 0.3) is 5.69 Å². The third-order valence-corrected chi connectivity index (χ3v) is 5.55. The van der Waals surface area contributed by atoms with Gasteiger partial charge in [0, 0.05) is 0 Å². The number of nitrogens with zero attached hydrogens (tertiary/aromatic N) is 4. The number of carbonyl (C=O) groups excluding carboxylic acids is 2. The van der Waals surface area contributed by atoms with Crippen LogP contribution in [0.1, 0.15) is 35.9 Å². The summed E-state index contributed by atoms with van der Waals surface area (Å²) in [7, 11) is 0. The van der Waals surface area contributed by atoms with Gasteiger partial charge in [0.15, 0.2) is 0 Å². The number of amides is 3. The maximum absolute atomic E-state index is 13.5. The van der Waals surface area contributed by atoms with Crippen LogP contribution in [0.4, 0.5) is 4.79 Å². The number of aromatic nitrogens is 2. The van der Waals surface area contributed by atoms with Crippen molar-refractivity contribution in [2.75, 3.05) is 0 Å². The SMILES string of the molecule is CCC1(c2ccccc2)NC(=O)N(Cc2c(C#N)c(C)nn2-c2ccccc2)C1=O. The van der Waals surface area contributed by atoms with Crippen LogP contribution in [0, 0.1) is 18.3 Å². The lowest BCUT2D eigenvalue weighted by molar-refractivity contribution is -0.132. The average molecular weight is 399 g/mol. The molecule has 3 amide bonds. The van der Waals surface area contributed by atoms with Crippen molar-refractivity contribution in [3.63, 3.8) is 0 Å². The van der Waals surface area contributed by atoms with Gasteiger partial charge < -0.3 is 5.32 Å². The number of nitriles is 1. The highest BCUT2D eigenvalue weighted by Gasteiger charge is 2.51. The number of benzene rings is 2. The van der Waals surface area contributed by atoms with Crippen molar-refractivity contribution in [1.82, 2.24) is 20.0 Å². The van der Waals surface area contributed by atoms with E-state index in [4.69, 9.17) is 0 Å². The fourth-order valence-electron chi connectivity index (χ4n) is 3.93. The first-order valence-electron chi connectivity index (χ1n) is 9.75. The van der Waals surface area contributed by atoms with E-state index in [1.54, 1.807) is 11.6 Å². The van der Waals surface area contributed by atoms with Gasteiger partial charge in [0.25, 0.3) is 5.91 Å². The number of rotatable bonds is 5. The van der Waals surface area contributed by atoms with E-state index in [-0.39, 0.29) is 12.5 Å². The van der Waals surface area contributed by atoms with Crippen molar-refractivity contribution < 1.29 is 9.59 Å². The van der Waals surface area contributed by atoms with Gasteiger partial charge in [-0.15, -0.1) is 0 Å². The van der Waals surface area contributed by atoms with E-state index in [0.717, 1.165) is 11.3 Å². The Hall–Kier alpha value is -3.92. The molecule has 1 N–H and O–H groups in total. The molecule has 1 aliphatic rings. The molecular weight excluding hydrogens is 378 g/mol. The van der Waals surface area contributed by atoms with Gasteiger partial charge in [-0.05, 0) is 31.0 Å². The molecule has 7 nitrogen and oxygen atoms in total. The molecule has 0 radical (unpaired) electrons. The van der Waals surface area contributed by atoms with Crippen molar-refractivity contribution in [3.8, 4) is 11.8 Å². The number of urea groups is 1. The van der Waals surface area contributed by atoms with Crippen molar-refractivity contribution in [1.29, 1.82) is 5.26 Å². The zero-order chi connectivity index (χ0) is 21.3. The number of imide groups is 1. The minimum Gasteiger partial charge on any atom is -0.319 e. The van der Waals surface area contributed by atoms with Crippen LogP contribution < -0.4 is 5.32 Å². The van der Waals surface area contributed by atoms with Crippen molar-refractivity contribution in [2.45, 2.75) is 32.4 Å². The molecule has 1 aliphatic heterocycles. The normalized spacial score (nSPS) is 18.4. The minimum absolute atomic E-state index is 0.0438. The molecule has 1 aromatic heterocycles. The number of nitrogens with one attached hydrogen (secondary N) is 1. The molecule has 1 saturated heterocycles. The van der Waals surface area contributed by atoms with Crippen LogP contribution in [0.15, 0.2) is 60.7 Å². The monoisotopic (exact) mass is 399 g/mol. The maximum Gasteiger partial charge on any atom is 0.325 e. The Morgan fingerprint density at radius 2 is 1.70 bits per heavy atom. The topological polar surface area (TPSA) is 91.0 Å². The second-order valence-electron chi connectivity index (χ2n) is 7.21. The minimum atomic E-state index is -1.11. The Kier molecular flexibility index (Phi) is 4.84. The fourth-order valence-corrected chi connectivity index (χ4v) is 3.93. The Morgan fingerprint density at radius 1 is 1.07 bits per heavy atom. The lowest BCUT2D eigenvalue weighted by atomic mass is 9.87. The summed E-state index contributed by atoms with van der Waals surface area (Å²) in [6.45, 7) is 3.57. The Balaban J connectivity index is 1.76. The lowest BCUT2D eigenvalue weighted by Crippen LogP contribution is -2.43. The predicted molar refractivity (Wildman–Crippen MR) is 111 cm³/mol. The molecule has 0 bridgehead atoms. The smallest absolute Gasteiger partial charge is 0.319 e. The molecule has 3 aromatic rings. The highest BCUT2D eigenvalue weighted by atomic mass is 16.2. The standard InChI is InChI=1S/C23H21N5O2/c1-3-23(17-10-6-4-7-11-17)21(29)27(22(30)25-23)15-20-19(14-24)16(2)26-28(20)18-12-8-5-9-13-18/h4-13H,3,15H2,1-2H3,(H,25,30). The predicted octanol–water partition coefficient (Wildman–Crippen LogP) is 3.41. The molecule has 0 saturated carbocycles. The fraction of sp³-hybridized carbons (Fsp3) is 0.217. The van der Waals surface area contributed by atoms with E-state index in [1.807, 2.05) is 67.6 Å². The second-order valence-corrected chi connectivity index (χ2v) is 7.21. The molecule has 2 heterocycles. The van der Waals surface area contributed by atoms with Gasteiger partial charge in [0.1, 0.15) is 11.6 Å². The maximum atomic E-state index is 13.5. The van der Waals surface area contributed by atoms with E-state index in [2.05, 4.69) is 16.5 Å². The van der Waals surface area contributed by atoms with E-state index in [9.17, 15) is 14.9 Å². The van der Waals surface area contributed by atoms with E-state index in [0.29, 0.717) is 23.4 Å². The van der Waals surface area contributed by atoms with Crippen LogP contribution in [0.5, 0.6) is 0 Å². The number of hydrogen-bond acceptors (Lipinski definition) is 4. The van der Waals surface area contributed by atoms with Crippen LogP contribution in [-0.4, -0.2) is 26.6 Å². The van der Waals surface area contributed by atoms with Crippen molar-refractivity contribution in [2.24, 2.45) is 0 Å². The van der Waals surface area contributed by atoms with Gasteiger partial charge in [0.2, 0.25) is 0 Å². The molecule has 30 heavy (non-hydrogen) atoms. The highest BCUT2D eigenvalue weighted by Crippen LogP contribution is 2.33. The molecule has 0 spiro atoms. The summed E-state index contributed by atoms with van der Waals surface area (Å²) >= 11 is 0. The summed E-state index contributed by atoms with van der Waals surface area (Å²) < 4.78 is 1.63. The van der Waals surface area contributed by atoms with Gasteiger partial charge in [-0.3, -0.25) is 9.69 Å². The Labute approximate surface area is 174 Å². The molecule has 2 aromatic carbocycles. The van der Waals surface area contributed by atoms with Crippen LogP contribution in [0.3, 0.4) is 0 Å². The van der Waals surface area contributed by atoms with E-state index in [1.165, 1.54) is 4.90 Å². The molecule has 4 rings (SSSR count). The summed E-state index contributed by atoms with van der Waals surface area (Å²) in [5.74, 6) is -0.330. The molecule has 0 aliphatic carbocycles. The van der Waals surface area contributed by atoms with E-state index >= 15 is 0 Å². The summed E-state index contributed by atoms with van der Waals surface area (Å²) in [6, 6.07) is 20.3. The van der Waals surface area contributed by atoms with Crippen LogP contribution >= 0.6 is 0 Å². The number of carbonyl (C=O) groups is 2. The lowest BCUT2D eigenvalue weighted by Gasteiger charge is -2.25. The third kappa shape index (κ3) is 2.94. The molecule has 1 atom stereocenters. The summed E-state index contributed by atoms with van der Waals surface area (Å²) in [5, 5.41) is 17.0. The zero-order valence-corrected chi connectivity index (χ0v) is 16.8. The summed E-state index contributed by atoms with van der Waals surface area (Å²) in [5.41, 5.74) is 1.80. The number of aryl methyl sites for hydroxylation is 1. The highest BCUT2D eigenvalue weighted by molar-refractivity contribution is 6.07. The zero-order valence-electron chi connectivity index (χ0n) is 16.8. The largest absolute Gasteiger partial charge is 0.325 e. The van der Waals surface area contributed by atoms with Gasteiger partial charge >= 0.3 is 6.03 Å². The second kappa shape index (κ2) is 7.48. The quantitative estimate of drug-likeness (QED) is 0.666. The molecule has 1 fully saturated rings. The van der Waals surface area contributed by atoms with Gasteiger partial charge in [-0.25, -0.2) is 9.48 Å². The number of para-hydroxylation sites is 1. The average Bonchev–Trinajstić information content (AvgIpc) is 3.23. The molecular formula is C23H21N5O2. The van der Waals surface area contributed by atoms with Crippen molar-refractivity contribution >= 4 is 11.9 Å². The summed E-state index contributed by atoms with van der Waals surface area (Å²) in [4.78, 5) is 27.5. The van der Waals surface area contributed by atoms with Gasteiger partial charge in [-0.1, -0.05) is 55.5 Å². The van der Waals surface area contributed by atoms with Gasteiger partial charge in [-0.2, -0.15) is 10.4 Å². The molecule has 1 unspecified atom stereocenters. The first-order chi connectivity index (χ1) is 14.5. The van der Waals surface area contributed by atoms with Crippen LogP contribution in [-0.2, 0) is 16.9 Å². The van der Waals surface area contributed by atoms with Gasteiger partial charge in [0.05, 0.1) is 29.2 Å². The molecule has 150 valence electrons. The summed E-state index contributed by atoms with van der Waals surface area (Å²) in [6.07, 6.45) is 0.417. The van der Waals surface area contributed by atoms with Crippen LogP contribution in [0.2, 0.25) is 0 Å². The Bertz CT molecular complexity index is 1150.